The van der Waals surface area contributed by atoms with Crippen molar-refractivity contribution in [2.45, 2.75) is 0 Å². The lowest BCUT2D eigenvalue weighted by Crippen LogP contribution is -1.90. The Morgan fingerprint density at radius 1 is 0.192 bits per heavy atom. The zero-order chi connectivity index (χ0) is 34.4. The smallest absolute Gasteiger partial charge is 0.00268 e. The predicted octanol–water partition coefficient (Wildman–Crippen LogP) is 14.6. The van der Waals surface area contributed by atoms with Crippen LogP contribution in [-0.2, 0) is 0 Å². The Morgan fingerprint density at radius 3 is 1.15 bits per heavy atom. The standard InChI is InChI=1S/C52H34/c1-3-13-35(14-4-1)41-31-42(36-15-5-2-6-16-36)33-43(32-41)37-23-25-39(26-24-37)52-44-18-8-7-17-38(44)27-29-45(52)40-28-30-50-48-21-10-9-19-46(48)47-20-11-12-22-49(47)51(50)34-40/h1-34H. The maximum absolute atomic E-state index is 2.41. The topological polar surface area (TPSA) is 0 Å². The Kier molecular flexibility index (Phi) is 7.25. The van der Waals surface area contributed by atoms with Gasteiger partial charge in [0, 0.05) is 0 Å². The highest BCUT2D eigenvalue weighted by Gasteiger charge is 2.15. The second kappa shape index (κ2) is 12.5. The van der Waals surface area contributed by atoms with Gasteiger partial charge >= 0.3 is 0 Å². The van der Waals surface area contributed by atoms with E-state index in [0.717, 1.165) is 0 Å². The molecule has 242 valence electrons. The lowest BCUT2D eigenvalue weighted by atomic mass is 9.87. The number of rotatable bonds is 5. The average molecular weight is 659 g/mol. The minimum atomic E-state index is 1.20. The molecule has 0 atom stereocenters. The predicted molar refractivity (Wildman–Crippen MR) is 224 cm³/mol. The van der Waals surface area contributed by atoms with Gasteiger partial charge in [-0.1, -0.05) is 182 Å². The lowest BCUT2D eigenvalue weighted by molar-refractivity contribution is 1.56. The van der Waals surface area contributed by atoms with Gasteiger partial charge in [0.1, 0.15) is 0 Å². The fourth-order valence-electron chi connectivity index (χ4n) is 8.12. The van der Waals surface area contributed by atoms with Crippen molar-refractivity contribution in [2.75, 3.05) is 0 Å². The van der Waals surface area contributed by atoms with Crippen LogP contribution in [0.2, 0.25) is 0 Å². The van der Waals surface area contributed by atoms with E-state index in [2.05, 4.69) is 206 Å². The highest BCUT2D eigenvalue weighted by molar-refractivity contribution is 6.26. The van der Waals surface area contributed by atoms with E-state index in [0.29, 0.717) is 0 Å². The molecule has 0 nitrogen and oxygen atoms in total. The van der Waals surface area contributed by atoms with Gasteiger partial charge in [0.2, 0.25) is 0 Å². The van der Waals surface area contributed by atoms with Crippen LogP contribution in [0.3, 0.4) is 0 Å². The van der Waals surface area contributed by atoms with Crippen LogP contribution < -0.4 is 0 Å². The van der Waals surface area contributed by atoms with Gasteiger partial charge in [-0.2, -0.15) is 0 Å². The molecule has 0 unspecified atom stereocenters. The van der Waals surface area contributed by atoms with E-state index in [1.807, 2.05) is 0 Å². The molecule has 0 N–H and O–H groups in total. The minimum Gasteiger partial charge on any atom is -0.0622 e. The van der Waals surface area contributed by atoms with Crippen molar-refractivity contribution in [3.8, 4) is 55.6 Å². The molecule has 0 aromatic heterocycles. The molecule has 0 saturated heterocycles. The van der Waals surface area contributed by atoms with Crippen molar-refractivity contribution in [1.29, 1.82) is 0 Å². The third kappa shape index (κ3) is 5.16. The van der Waals surface area contributed by atoms with Crippen molar-refractivity contribution in [3.05, 3.63) is 206 Å². The monoisotopic (exact) mass is 658 g/mol. The van der Waals surface area contributed by atoms with Crippen molar-refractivity contribution < 1.29 is 0 Å². The van der Waals surface area contributed by atoms with E-state index in [1.54, 1.807) is 0 Å². The third-order valence-corrected chi connectivity index (χ3v) is 10.6. The summed E-state index contributed by atoms with van der Waals surface area (Å²) in [5, 5.41) is 10.3. The molecule has 0 aliphatic heterocycles. The molecule has 52 heavy (non-hydrogen) atoms. The molecule has 0 fully saturated rings. The quantitative estimate of drug-likeness (QED) is 0.161. The van der Waals surface area contributed by atoms with Crippen LogP contribution in [0, 0.1) is 0 Å². The molecule has 0 heterocycles. The summed E-state index contributed by atoms with van der Waals surface area (Å²) in [5.41, 5.74) is 12.2. The number of hydrogen-bond donors (Lipinski definition) is 0. The van der Waals surface area contributed by atoms with Crippen LogP contribution in [-0.4, -0.2) is 0 Å². The van der Waals surface area contributed by atoms with E-state index in [4.69, 9.17) is 0 Å². The van der Waals surface area contributed by atoms with Gasteiger partial charge in [0.15, 0.2) is 0 Å². The number of fused-ring (bicyclic) bond motifs is 7. The molecule has 0 heteroatoms. The first kappa shape index (κ1) is 30.1. The molecule has 0 spiro atoms. The zero-order valence-corrected chi connectivity index (χ0v) is 28.6. The van der Waals surface area contributed by atoms with Crippen LogP contribution >= 0.6 is 0 Å². The molecule has 0 aliphatic rings. The molecule has 0 radical (unpaired) electrons. The highest BCUT2D eigenvalue weighted by atomic mass is 14.2. The molecule has 10 aromatic carbocycles. The summed E-state index contributed by atoms with van der Waals surface area (Å²) in [4.78, 5) is 0. The lowest BCUT2D eigenvalue weighted by Gasteiger charge is -2.17. The Labute approximate surface area is 303 Å². The Balaban J connectivity index is 1.14. The molecule has 0 saturated carbocycles. The Bertz CT molecular complexity index is 2820. The molecule has 10 rings (SSSR count). The fourth-order valence-corrected chi connectivity index (χ4v) is 8.12. The first-order valence-electron chi connectivity index (χ1n) is 18.0. The number of hydrogen-bond acceptors (Lipinski definition) is 0. The summed E-state index contributed by atoms with van der Waals surface area (Å²) in [5.74, 6) is 0. The highest BCUT2D eigenvalue weighted by Crippen LogP contribution is 2.42. The van der Waals surface area contributed by atoms with Gasteiger partial charge in [-0.05, 0) is 123 Å². The maximum Gasteiger partial charge on any atom is -0.00268 e. The third-order valence-electron chi connectivity index (χ3n) is 10.6. The van der Waals surface area contributed by atoms with Crippen LogP contribution in [0.5, 0.6) is 0 Å². The molecule has 10 aromatic rings. The summed E-state index contributed by atoms with van der Waals surface area (Å²) in [6, 6.07) is 75.5. The minimum absolute atomic E-state index is 1.20. The van der Waals surface area contributed by atoms with Crippen LogP contribution in [0.1, 0.15) is 0 Å². The Hall–Kier alpha value is -6.76. The Morgan fingerprint density at radius 2 is 0.596 bits per heavy atom. The molecule has 0 aliphatic carbocycles. The van der Waals surface area contributed by atoms with Gasteiger partial charge in [0.25, 0.3) is 0 Å². The molecular weight excluding hydrogens is 625 g/mol. The largest absolute Gasteiger partial charge is 0.0622 e. The van der Waals surface area contributed by atoms with E-state index < -0.39 is 0 Å². The fraction of sp³-hybridized carbons (Fsp3) is 0. The number of benzene rings is 10. The zero-order valence-electron chi connectivity index (χ0n) is 28.6. The maximum atomic E-state index is 2.41. The molecular formula is C52H34. The van der Waals surface area contributed by atoms with Gasteiger partial charge in [0.05, 0.1) is 0 Å². The second-order valence-corrected chi connectivity index (χ2v) is 13.7. The first-order valence-corrected chi connectivity index (χ1v) is 18.0. The van der Waals surface area contributed by atoms with Crippen molar-refractivity contribution >= 4 is 43.1 Å². The van der Waals surface area contributed by atoms with Gasteiger partial charge in [-0.25, -0.2) is 0 Å². The van der Waals surface area contributed by atoms with Crippen molar-refractivity contribution in [3.63, 3.8) is 0 Å². The van der Waals surface area contributed by atoms with Gasteiger partial charge in [-0.15, -0.1) is 0 Å². The van der Waals surface area contributed by atoms with E-state index in [9.17, 15) is 0 Å². The van der Waals surface area contributed by atoms with E-state index >= 15 is 0 Å². The molecule has 0 bridgehead atoms. The van der Waals surface area contributed by atoms with Gasteiger partial charge < -0.3 is 0 Å². The summed E-state index contributed by atoms with van der Waals surface area (Å²) >= 11 is 0. The van der Waals surface area contributed by atoms with Crippen LogP contribution in [0.4, 0.5) is 0 Å². The van der Waals surface area contributed by atoms with Crippen LogP contribution in [0.25, 0.3) is 98.7 Å². The first-order chi connectivity index (χ1) is 25.8. The summed E-state index contributed by atoms with van der Waals surface area (Å²) < 4.78 is 0. The SMILES string of the molecule is c1ccc(-c2cc(-c3ccccc3)cc(-c3ccc(-c4c(-c5ccc6c7ccccc7c7ccccc7c6c5)ccc5ccccc45)cc3)c2)cc1. The van der Waals surface area contributed by atoms with Crippen molar-refractivity contribution in [1.82, 2.24) is 0 Å². The van der Waals surface area contributed by atoms with E-state index in [1.165, 1.54) is 98.7 Å². The summed E-state index contributed by atoms with van der Waals surface area (Å²) in [6.07, 6.45) is 0. The molecule has 0 amide bonds. The normalized spacial score (nSPS) is 11.5. The average Bonchev–Trinajstić information content (AvgIpc) is 3.24. The second-order valence-electron chi connectivity index (χ2n) is 13.7. The van der Waals surface area contributed by atoms with Crippen LogP contribution in [0.15, 0.2) is 206 Å². The van der Waals surface area contributed by atoms with Crippen molar-refractivity contribution in [2.24, 2.45) is 0 Å². The van der Waals surface area contributed by atoms with Gasteiger partial charge in [-0.3, -0.25) is 0 Å². The summed E-state index contributed by atoms with van der Waals surface area (Å²) in [7, 11) is 0. The summed E-state index contributed by atoms with van der Waals surface area (Å²) in [6.45, 7) is 0. The van der Waals surface area contributed by atoms with E-state index in [-0.39, 0.29) is 0 Å².